The van der Waals surface area contributed by atoms with Crippen LogP contribution in [0, 0.1) is 6.92 Å². The van der Waals surface area contributed by atoms with E-state index in [2.05, 4.69) is 0 Å². The summed E-state index contributed by atoms with van der Waals surface area (Å²) in [7, 11) is 0. The summed E-state index contributed by atoms with van der Waals surface area (Å²) in [5.74, 6) is -0.276. The number of carbonyl (C=O) groups is 2. The zero-order chi connectivity index (χ0) is 18.8. The van der Waals surface area contributed by atoms with Crippen molar-refractivity contribution in [2.24, 2.45) is 0 Å². The first kappa shape index (κ1) is 16.9. The zero-order valence-corrected chi connectivity index (χ0v) is 15.0. The van der Waals surface area contributed by atoms with E-state index < -0.39 is 0 Å². The average molecular weight is 350 g/mol. The molecule has 4 aromatic rings. The molecule has 0 saturated carbocycles. The second-order valence-corrected chi connectivity index (χ2v) is 6.60. The number of fused-ring (bicyclic) bond motifs is 1. The van der Waals surface area contributed by atoms with Gasteiger partial charge in [-0.25, -0.2) is 0 Å². The standard InChI is InChI=1S/C25H18O2/c1-17-13-15-19(16-14-17)24(26)22-10-4-5-11-23(22)25(27)21-12-6-8-18-7-2-3-9-20(18)21/h2-16H,1H3. The number of benzene rings is 4. The smallest absolute Gasteiger partial charge is 0.194 e. The second-order valence-electron chi connectivity index (χ2n) is 6.60. The van der Waals surface area contributed by atoms with Crippen molar-refractivity contribution in [2.75, 3.05) is 0 Å². The lowest BCUT2D eigenvalue weighted by Gasteiger charge is -2.10. The summed E-state index contributed by atoms with van der Waals surface area (Å²) >= 11 is 0. The molecule has 0 spiro atoms. The van der Waals surface area contributed by atoms with Crippen molar-refractivity contribution in [3.05, 3.63) is 119 Å². The van der Waals surface area contributed by atoms with Gasteiger partial charge in [-0.3, -0.25) is 9.59 Å². The highest BCUT2D eigenvalue weighted by atomic mass is 16.1. The second kappa shape index (κ2) is 7.00. The van der Waals surface area contributed by atoms with Crippen LogP contribution >= 0.6 is 0 Å². The molecule has 2 heteroatoms. The van der Waals surface area contributed by atoms with Gasteiger partial charge in [-0.1, -0.05) is 96.6 Å². The van der Waals surface area contributed by atoms with Crippen molar-refractivity contribution in [2.45, 2.75) is 6.92 Å². The van der Waals surface area contributed by atoms with Crippen molar-refractivity contribution in [1.82, 2.24) is 0 Å². The Bertz CT molecular complexity index is 1150. The molecule has 27 heavy (non-hydrogen) atoms. The lowest BCUT2D eigenvalue weighted by atomic mass is 9.91. The van der Waals surface area contributed by atoms with Gasteiger partial charge in [-0.2, -0.15) is 0 Å². The molecule has 0 amide bonds. The zero-order valence-electron chi connectivity index (χ0n) is 15.0. The fourth-order valence-corrected chi connectivity index (χ4v) is 3.31. The van der Waals surface area contributed by atoms with E-state index in [1.807, 2.05) is 61.5 Å². The Hall–Kier alpha value is -3.52. The molecule has 0 radical (unpaired) electrons. The van der Waals surface area contributed by atoms with Crippen LogP contribution in [-0.4, -0.2) is 11.6 Å². The van der Waals surface area contributed by atoms with Gasteiger partial charge in [0.25, 0.3) is 0 Å². The van der Waals surface area contributed by atoms with Gasteiger partial charge in [0.05, 0.1) is 0 Å². The first-order chi connectivity index (χ1) is 13.1. The summed E-state index contributed by atoms with van der Waals surface area (Å²) in [5, 5.41) is 1.90. The van der Waals surface area contributed by atoms with Crippen molar-refractivity contribution >= 4 is 22.3 Å². The lowest BCUT2D eigenvalue weighted by molar-refractivity contribution is 0.100. The molecule has 0 aliphatic rings. The van der Waals surface area contributed by atoms with Crippen LogP contribution in [0.25, 0.3) is 10.8 Å². The molecule has 4 rings (SSSR count). The summed E-state index contributed by atoms with van der Waals surface area (Å²) in [6.45, 7) is 1.98. The van der Waals surface area contributed by atoms with Gasteiger partial charge in [-0.05, 0) is 17.7 Å². The predicted molar refractivity (Wildman–Crippen MR) is 108 cm³/mol. The molecule has 0 heterocycles. The van der Waals surface area contributed by atoms with Crippen LogP contribution in [0.1, 0.15) is 37.4 Å². The fourth-order valence-electron chi connectivity index (χ4n) is 3.31. The van der Waals surface area contributed by atoms with E-state index in [0.29, 0.717) is 22.3 Å². The minimum Gasteiger partial charge on any atom is -0.289 e. The fraction of sp³-hybridized carbons (Fsp3) is 0.0400. The van der Waals surface area contributed by atoms with Crippen molar-refractivity contribution in [1.29, 1.82) is 0 Å². The van der Waals surface area contributed by atoms with E-state index >= 15 is 0 Å². The Morgan fingerprint density at radius 2 is 1.11 bits per heavy atom. The Balaban J connectivity index is 1.82. The van der Waals surface area contributed by atoms with Crippen LogP contribution in [0.2, 0.25) is 0 Å². The molecular weight excluding hydrogens is 332 g/mol. The minimum atomic E-state index is -0.140. The predicted octanol–water partition coefficient (Wildman–Crippen LogP) is 5.61. The van der Waals surface area contributed by atoms with E-state index in [4.69, 9.17) is 0 Å². The lowest BCUT2D eigenvalue weighted by Crippen LogP contribution is -2.11. The maximum atomic E-state index is 13.3. The summed E-state index contributed by atoms with van der Waals surface area (Å²) in [4.78, 5) is 26.3. The third kappa shape index (κ3) is 3.18. The molecule has 130 valence electrons. The summed E-state index contributed by atoms with van der Waals surface area (Å²) in [5.41, 5.74) is 3.14. The van der Waals surface area contributed by atoms with Gasteiger partial charge in [-0.15, -0.1) is 0 Å². The topological polar surface area (TPSA) is 34.1 Å². The SMILES string of the molecule is Cc1ccc(C(=O)c2ccccc2C(=O)c2cccc3ccccc23)cc1. The monoisotopic (exact) mass is 350 g/mol. The van der Waals surface area contributed by atoms with E-state index in [1.54, 1.807) is 36.4 Å². The number of ketones is 2. The maximum absolute atomic E-state index is 13.3. The number of rotatable bonds is 4. The average Bonchev–Trinajstić information content (AvgIpc) is 2.73. The Labute approximate surface area is 158 Å². The number of aryl methyl sites for hydroxylation is 1. The van der Waals surface area contributed by atoms with Crippen LogP contribution < -0.4 is 0 Å². The van der Waals surface area contributed by atoms with Crippen LogP contribution in [0.15, 0.2) is 91.0 Å². The van der Waals surface area contributed by atoms with Crippen molar-refractivity contribution < 1.29 is 9.59 Å². The van der Waals surface area contributed by atoms with E-state index in [-0.39, 0.29) is 11.6 Å². The van der Waals surface area contributed by atoms with Gasteiger partial charge in [0.15, 0.2) is 11.6 Å². The molecule has 0 bridgehead atoms. The highest BCUT2D eigenvalue weighted by Gasteiger charge is 2.20. The van der Waals surface area contributed by atoms with Gasteiger partial charge in [0.1, 0.15) is 0 Å². The summed E-state index contributed by atoms with van der Waals surface area (Å²) in [6.07, 6.45) is 0. The molecule has 2 nitrogen and oxygen atoms in total. The molecule has 0 saturated heterocycles. The molecule has 0 aromatic heterocycles. The van der Waals surface area contributed by atoms with Gasteiger partial charge < -0.3 is 0 Å². The molecule has 0 atom stereocenters. The molecule has 4 aromatic carbocycles. The summed E-state index contributed by atoms with van der Waals surface area (Å²) < 4.78 is 0. The van der Waals surface area contributed by atoms with Crippen LogP contribution in [0.4, 0.5) is 0 Å². The molecular formula is C25H18O2. The quantitative estimate of drug-likeness (QED) is 0.448. The Kier molecular flexibility index (Phi) is 4.39. The maximum Gasteiger partial charge on any atom is 0.194 e. The third-order valence-electron chi connectivity index (χ3n) is 4.76. The van der Waals surface area contributed by atoms with Crippen molar-refractivity contribution in [3.8, 4) is 0 Å². The number of hydrogen-bond acceptors (Lipinski definition) is 2. The van der Waals surface area contributed by atoms with Crippen LogP contribution in [-0.2, 0) is 0 Å². The Morgan fingerprint density at radius 3 is 1.85 bits per heavy atom. The molecule has 0 aliphatic heterocycles. The first-order valence-electron chi connectivity index (χ1n) is 8.88. The van der Waals surface area contributed by atoms with Gasteiger partial charge >= 0.3 is 0 Å². The molecule has 0 unspecified atom stereocenters. The van der Waals surface area contributed by atoms with Gasteiger partial charge in [0, 0.05) is 22.3 Å². The van der Waals surface area contributed by atoms with Crippen LogP contribution in [0.5, 0.6) is 0 Å². The third-order valence-corrected chi connectivity index (χ3v) is 4.76. The normalized spacial score (nSPS) is 10.7. The van der Waals surface area contributed by atoms with Crippen molar-refractivity contribution in [3.63, 3.8) is 0 Å². The highest BCUT2D eigenvalue weighted by Crippen LogP contribution is 2.24. The van der Waals surface area contributed by atoms with Crippen LogP contribution in [0.3, 0.4) is 0 Å². The first-order valence-corrected chi connectivity index (χ1v) is 8.88. The number of hydrogen-bond donors (Lipinski definition) is 0. The minimum absolute atomic E-state index is 0.136. The number of carbonyl (C=O) groups excluding carboxylic acids is 2. The van der Waals surface area contributed by atoms with E-state index in [1.165, 1.54) is 0 Å². The van der Waals surface area contributed by atoms with E-state index in [9.17, 15) is 9.59 Å². The Morgan fingerprint density at radius 1 is 0.556 bits per heavy atom. The van der Waals surface area contributed by atoms with Gasteiger partial charge in [0.2, 0.25) is 0 Å². The molecule has 0 aliphatic carbocycles. The highest BCUT2D eigenvalue weighted by molar-refractivity contribution is 6.22. The largest absolute Gasteiger partial charge is 0.289 e. The molecule has 0 fully saturated rings. The summed E-state index contributed by atoms with van der Waals surface area (Å²) in [6, 6.07) is 27.9. The molecule has 0 N–H and O–H groups in total. The van der Waals surface area contributed by atoms with E-state index in [0.717, 1.165) is 16.3 Å².